The number of nitro groups is 1. The van der Waals surface area contributed by atoms with Crippen molar-refractivity contribution in [3.05, 3.63) is 70.3 Å². The van der Waals surface area contributed by atoms with Crippen molar-refractivity contribution in [3.8, 4) is 0 Å². The summed E-state index contributed by atoms with van der Waals surface area (Å²) in [5.41, 5.74) is 1.80. The Hall–Kier alpha value is -2.40. The summed E-state index contributed by atoms with van der Waals surface area (Å²) in [5, 5.41) is 12.4. The average molecular weight is 258 g/mol. The van der Waals surface area contributed by atoms with Gasteiger partial charge in [-0.05, 0) is 17.7 Å². The summed E-state index contributed by atoms with van der Waals surface area (Å²) in [5.74, 6) is 0. The number of para-hydroxylation sites is 1. The molecule has 98 valence electrons. The lowest BCUT2D eigenvalue weighted by atomic mass is 10.2. The van der Waals surface area contributed by atoms with Gasteiger partial charge in [0.1, 0.15) is 0 Å². The SMILES string of the molecule is CON(Cc1cccc([N+](=O)[O-])c1)c1ccccc1. The Kier molecular flexibility index (Phi) is 4.10. The van der Waals surface area contributed by atoms with Gasteiger partial charge in [0, 0.05) is 12.1 Å². The Morgan fingerprint density at radius 3 is 2.53 bits per heavy atom. The third-order valence-corrected chi connectivity index (χ3v) is 2.71. The topological polar surface area (TPSA) is 55.6 Å². The van der Waals surface area contributed by atoms with Crippen LogP contribution >= 0.6 is 0 Å². The number of hydroxylamine groups is 1. The third-order valence-electron chi connectivity index (χ3n) is 2.71. The predicted octanol–water partition coefficient (Wildman–Crippen LogP) is 3.16. The summed E-state index contributed by atoms with van der Waals surface area (Å²) >= 11 is 0. The van der Waals surface area contributed by atoms with Gasteiger partial charge < -0.3 is 0 Å². The monoisotopic (exact) mass is 258 g/mol. The molecule has 0 atom stereocenters. The van der Waals surface area contributed by atoms with Crippen LogP contribution in [0.5, 0.6) is 0 Å². The van der Waals surface area contributed by atoms with Crippen LogP contribution in [-0.4, -0.2) is 12.0 Å². The summed E-state index contributed by atoms with van der Waals surface area (Å²) in [6.45, 7) is 0.447. The van der Waals surface area contributed by atoms with Gasteiger partial charge in [0.25, 0.3) is 5.69 Å². The maximum Gasteiger partial charge on any atom is 0.269 e. The molecule has 0 unspecified atom stereocenters. The van der Waals surface area contributed by atoms with Gasteiger partial charge in [-0.15, -0.1) is 0 Å². The fourth-order valence-corrected chi connectivity index (χ4v) is 1.79. The minimum atomic E-state index is -0.400. The van der Waals surface area contributed by atoms with Gasteiger partial charge in [-0.2, -0.15) is 0 Å². The van der Waals surface area contributed by atoms with E-state index in [0.717, 1.165) is 11.3 Å². The van der Waals surface area contributed by atoms with E-state index in [0.29, 0.717) is 6.54 Å². The summed E-state index contributed by atoms with van der Waals surface area (Å²) in [6.07, 6.45) is 0. The molecule has 0 N–H and O–H groups in total. The van der Waals surface area contributed by atoms with Crippen LogP contribution in [0, 0.1) is 10.1 Å². The molecule has 2 aromatic carbocycles. The maximum atomic E-state index is 10.7. The van der Waals surface area contributed by atoms with E-state index in [2.05, 4.69) is 0 Å². The Morgan fingerprint density at radius 2 is 1.89 bits per heavy atom. The van der Waals surface area contributed by atoms with Crippen molar-refractivity contribution in [2.24, 2.45) is 0 Å². The van der Waals surface area contributed by atoms with E-state index in [-0.39, 0.29) is 5.69 Å². The molecule has 0 aromatic heterocycles. The number of anilines is 1. The van der Waals surface area contributed by atoms with E-state index < -0.39 is 4.92 Å². The maximum absolute atomic E-state index is 10.7. The lowest BCUT2D eigenvalue weighted by molar-refractivity contribution is -0.384. The molecular formula is C14H14N2O3. The minimum absolute atomic E-state index is 0.0848. The van der Waals surface area contributed by atoms with Crippen LogP contribution in [0.2, 0.25) is 0 Å². The molecule has 0 aliphatic rings. The molecule has 2 rings (SSSR count). The highest BCUT2D eigenvalue weighted by Gasteiger charge is 2.10. The second kappa shape index (κ2) is 5.97. The van der Waals surface area contributed by atoms with Gasteiger partial charge in [-0.25, -0.2) is 0 Å². The summed E-state index contributed by atoms with van der Waals surface area (Å²) < 4.78 is 0. The van der Waals surface area contributed by atoms with Crippen LogP contribution in [0.15, 0.2) is 54.6 Å². The number of nitro benzene ring substituents is 1. The van der Waals surface area contributed by atoms with Crippen molar-refractivity contribution in [2.45, 2.75) is 6.54 Å². The Bertz CT molecular complexity index is 558. The van der Waals surface area contributed by atoms with Gasteiger partial charge in [0.05, 0.1) is 24.3 Å². The van der Waals surface area contributed by atoms with Crippen LogP contribution < -0.4 is 5.06 Å². The van der Waals surface area contributed by atoms with Gasteiger partial charge in [-0.1, -0.05) is 30.3 Å². The first-order chi connectivity index (χ1) is 9.20. The van der Waals surface area contributed by atoms with Crippen molar-refractivity contribution in [1.29, 1.82) is 0 Å². The molecule has 0 fully saturated rings. The van der Waals surface area contributed by atoms with Gasteiger partial charge >= 0.3 is 0 Å². The minimum Gasteiger partial charge on any atom is -0.276 e. The molecule has 5 heteroatoms. The van der Waals surface area contributed by atoms with Crippen molar-refractivity contribution in [3.63, 3.8) is 0 Å². The zero-order valence-corrected chi connectivity index (χ0v) is 10.5. The number of nitrogens with zero attached hydrogens (tertiary/aromatic N) is 2. The first-order valence-electron chi connectivity index (χ1n) is 5.81. The Labute approximate surface area is 111 Å². The molecule has 0 amide bonds. The fourth-order valence-electron chi connectivity index (χ4n) is 1.79. The van der Waals surface area contributed by atoms with Crippen LogP contribution in [-0.2, 0) is 11.4 Å². The molecule has 2 aromatic rings. The molecule has 5 nitrogen and oxygen atoms in total. The molecule has 0 saturated heterocycles. The quantitative estimate of drug-likeness (QED) is 0.610. The third kappa shape index (κ3) is 3.29. The average Bonchev–Trinajstić information content (AvgIpc) is 2.46. The van der Waals surface area contributed by atoms with E-state index in [9.17, 15) is 10.1 Å². The molecule has 0 aliphatic carbocycles. The van der Waals surface area contributed by atoms with Crippen molar-refractivity contribution >= 4 is 11.4 Å². The zero-order valence-electron chi connectivity index (χ0n) is 10.5. The van der Waals surface area contributed by atoms with E-state index >= 15 is 0 Å². The number of rotatable bonds is 5. The Balaban J connectivity index is 2.19. The van der Waals surface area contributed by atoms with E-state index in [1.54, 1.807) is 24.3 Å². The van der Waals surface area contributed by atoms with E-state index in [1.807, 2.05) is 36.4 Å². The number of benzene rings is 2. The van der Waals surface area contributed by atoms with Crippen LogP contribution in [0.1, 0.15) is 5.56 Å². The second-order valence-corrected chi connectivity index (χ2v) is 3.98. The molecule has 0 aliphatic heterocycles. The summed E-state index contributed by atoms with van der Waals surface area (Å²) in [7, 11) is 1.57. The van der Waals surface area contributed by atoms with Crippen molar-refractivity contribution in [2.75, 3.05) is 12.2 Å². The number of hydrogen-bond donors (Lipinski definition) is 0. The molecule has 0 spiro atoms. The molecule has 0 radical (unpaired) electrons. The van der Waals surface area contributed by atoms with Crippen LogP contribution in [0.4, 0.5) is 11.4 Å². The first-order valence-corrected chi connectivity index (χ1v) is 5.81. The zero-order chi connectivity index (χ0) is 13.7. The molecular weight excluding hydrogens is 244 g/mol. The standard InChI is InChI=1S/C14H14N2O3/c1-19-15(13-7-3-2-4-8-13)11-12-6-5-9-14(10-12)16(17)18/h2-10H,11H2,1H3. The smallest absolute Gasteiger partial charge is 0.269 e. The highest BCUT2D eigenvalue weighted by molar-refractivity contribution is 5.45. The molecule has 19 heavy (non-hydrogen) atoms. The largest absolute Gasteiger partial charge is 0.276 e. The van der Waals surface area contributed by atoms with Gasteiger partial charge in [-0.3, -0.25) is 20.0 Å². The highest BCUT2D eigenvalue weighted by atomic mass is 16.7. The lowest BCUT2D eigenvalue weighted by Gasteiger charge is -2.21. The summed E-state index contributed by atoms with van der Waals surface area (Å²) in [4.78, 5) is 15.6. The van der Waals surface area contributed by atoms with Gasteiger partial charge in [0.15, 0.2) is 0 Å². The van der Waals surface area contributed by atoms with Crippen LogP contribution in [0.25, 0.3) is 0 Å². The number of hydrogen-bond acceptors (Lipinski definition) is 4. The first kappa shape index (κ1) is 13.0. The second-order valence-electron chi connectivity index (χ2n) is 3.98. The van der Waals surface area contributed by atoms with E-state index in [4.69, 9.17) is 4.84 Å². The Morgan fingerprint density at radius 1 is 1.16 bits per heavy atom. The normalized spacial score (nSPS) is 10.2. The summed E-state index contributed by atoms with van der Waals surface area (Å²) in [6, 6.07) is 16.1. The van der Waals surface area contributed by atoms with Crippen molar-refractivity contribution in [1.82, 2.24) is 0 Å². The molecule has 0 bridgehead atoms. The highest BCUT2D eigenvalue weighted by Crippen LogP contribution is 2.19. The fraction of sp³-hybridized carbons (Fsp3) is 0.143. The van der Waals surface area contributed by atoms with Crippen molar-refractivity contribution < 1.29 is 9.76 Å². The van der Waals surface area contributed by atoms with E-state index in [1.165, 1.54) is 6.07 Å². The predicted molar refractivity (Wildman–Crippen MR) is 72.7 cm³/mol. The lowest BCUT2D eigenvalue weighted by Crippen LogP contribution is -2.20. The number of non-ortho nitro benzene ring substituents is 1. The molecule has 0 heterocycles. The van der Waals surface area contributed by atoms with Crippen LogP contribution in [0.3, 0.4) is 0 Å². The molecule has 0 saturated carbocycles. The van der Waals surface area contributed by atoms with Gasteiger partial charge in [0.2, 0.25) is 0 Å².